The Morgan fingerprint density at radius 3 is 2.41 bits per heavy atom. The van der Waals surface area contributed by atoms with Crippen LogP contribution in [-0.2, 0) is 25.5 Å². The molecule has 0 saturated heterocycles. The van der Waals surface area contributed by atoms with Crippen molar-refractivity contribution in [3.05, 3.63) is 53.9 Å². The molecule has 1 saturated carbocycles. The Kier molecular flexibility index (Phi) is 11.3. The predicted octanol–water partition coefficient (Wildman–Crippen LogP) is 5.82. The number of methoxy groups -OCH3 is 1. The van der Waals surface area contributed by atoms with Crippen LogP contribution in [0.3, 0.4) is 0 Å². The molecule has 1 aromatic heterocycles. The van der Waals surface area contributed by atoms with Crippen LogP contribution in [0.2, 0.25) is 0 Å². The standard InChI is InChI=1S/C31H41NO7/c1-6-25(17-24-12-13-24)26(18-23-10-8-7-9-11-23)21(3)39-31(35)20(2)16-27(34)29-30(38-19-37-22(4)33)28(36-5)14-15-32-29/h7-11,14-15,20-21,24-26H,6,12-13,16-19H2,1-5H3/t20-,21+,25-,26+/m1/s1. The lowest BCUT2D eigenvalue weighted by molar-refractivity contribution is -0.156. The van der Waals surface area contributed by atoms with Crippen molar-refractivity contribution in [1.82, 2.24) is 4.98 Å². The van der Waals surface area contributed by atoms with E-state index in [1.54, 1.807) is 6.92 Å². The average molecular weight is 540 g/mol. The van der Waals surface area contributed by atoms with E-state index in [1.165, 1.54) is 44.7 Å². The predicted molar refractivity (Wildman–Crippen MR) is 146 cm³/mol. The van der Waals surface area contributed by atoms with Crippen molar-refractivity contribution < 1.29 is 33.3 Å². The normalized spacial score (nSPS) is 15.9. The number of nitrogens with zero attached hydrogens (tertiary/aromatic N) is 1. The van der Waals surface area contributed by atoms with Gasteiger partial charge in [0.1, 0.15) is 6.10 Å². The van der Waals surface area contributed by atoms with Crippen molar-refractivity contribution in [3.63, 3.8) is 0 Å². The fourth-order valence-electron chi connectivity index (χ4n) is 4.97. The van der Waals surface area contributed by atoms with Crippen LogP contribution in [0, 0.1) is 23.7 Å². The third-order valence-corrected chi connectivity index (χ3v) is 7.39. The van der Waals surface area contributed by atoms with Gasteiger partial charge in [-0.15, -0.1) is 0 Å². The topological polar surface area (TPSA) is 101 Å². The molecule has 0 unspecified atom stereocenters. The Morgan fingerprint density at radius 1 is 1.08 bits per heavy atom. The van der Waals surface area contributed by atoms with Gasteiger partial charge in [-0.1, -0.05) is 63.4 Å². The van der Waals surface area contributed by atoms with Gasteiger partial charge >= 0.3 is 11.9 Å². The van der Waals surface area contributed by atoms with Crippen molar-refractivity contribution in [2.75, 3.05) is 13.9 Å². The molecule has 0 radical (unpaired) electrons. The first-order valence-electron chi connectivity index (χ1n) is 13.8. The summed E-state index contributed by atoms with van der Waals surface area (Å²) in [5.41, 5.74) is 1.24. The Morgan fingerprint density at radius 2 is 1.79 bits per heavy atom. The Bertz CT molecular complexity index is 1100. The van der Waals surface area contributed by atoms with Crippen molar-refractivity contribution in [1.29, 1.82) is 0 Å². The summed E-state index contributed by atoms with van der Waals surface area (Å²) in [6.07, 6.45) is 6.61. The van der Waals surface area contributed by atoms with Crippen molar-refractivity contribution >= 4 is 17.7 Å². The van der Waals surface area contributed by atoms with E-state index < -0.39 is 30.4 Å². The number of aromatic nitrogens is 1. The van der Waals surface area contributed by atoms with Crippen molar-refractivity contribution in [2.24, 2.45) is 23.7 Å². The van der Waals surface area contributed by atoms with E-state index in [-0.39, 0.29) is 35.6 Å². The summed E-state index contributed by atoms with van der Waals surface area (Å²) in [7, 11) is 1.43. The summed E-state index contributed by atoms with van der Waals surface area (Å²) < 4.78 is 21.6. The molecule has 1 aliphatic carbocycles. The molecule has 0 N–H and O–H groups in total. The van der Waals surface area contributed by atoms with Crippen LogP contribution in [0.25, 0.3) is 0 Å². The lowest BCUT2D eigenvalue weighted by atomic mass is 9.78. The van der Waals surface area contributed by atoms with E-state index in [1.807, 2.05) is 25.1 Å². The number of carbonyl (C=O) groups excluding carboxylic acids is 3. The van der Waals surface area contributed by atoms with Gasteiger partial charge in [-0.3, -0.25) is 14.4 Å². The first kappa shape index (κ1) is 30.1. The molecule has 212 valence electrons. The number of hydrogen-bond acceptors (Lipinski definition) is 8. The molecule has 0 amide bonds. The summed E-state index contributed by atoms with van der Waals surface area (Å²) in [6.45, 7) is 6.72. The van der Waals surface area contributed by atoms with Gasteiger partial charge in [-0.2, -0.15) is 0 Å². The van der Waals surface area contributed by atoms with Crippen LogP contribution < -0.4 is 9.47 Å². The van der Waals surface area contributed by atoms with Gasteiger partial charge in [-0.05, 0) is 37.2 Å². The minimum Gasteiger partial charge on any atom is -0.493 e. The number of carbonyl (C=O) groups is 3. The quantitative estimate of drug-likeness (QED) is 0.150. The molecule has 4 atom stereocenters. The maximum atomic E-state index is 13.2. The molecule has 1 fully saturated rings. The SMILES string of the molecule is CC[C@H](CC1CC1)[C@@H](Cc1ccccc1)[C@H](C)OC(=O)[C@H](C)CC(=O)c1nccc(OC)c1OCOC(C)=O. The zero-order chi connectivity index (χ0) is 28.4. The molecule has 0 bridgehead atoms. The number of ketones is 1. The van der Waals surface area contributed by atoms with Gasteiger partial charge in [0.05, 0.1) is 13.0 Å². The maximum Gasteiger partial charge on any atom is 0.309 e. The number of pyridine rings is 1. The maximum absolute atomic E-state index is 13.2. The fraction of sp³-hybridized carbons (Fsp3) is 0.548. The number of benzene rings is 1. The molecule has 0 aliphatic heterocycles. The highest BCUT2D eigenvalue weighted by molar-refractivity contribution is 5.99. The van der Waals surface area contributed by atoms with Gasteiger partial charge in [0.2, 0.25) is 6.79 Å². The molecule has 2 aromatic rings. The fourth-order valence-corrected chi connectivity index (χ4v) is 4.97. The summed E-state index contributed by atoms with van der Waals surface area (Å²) in [4.78, 5) is 41.6. The molecule has 1 aromatic carbocycles. The zero-order valence-corrected chi connectivity index (χ0v) is 23.7. The smallest absolute Gasteiger partial charge is 0.309 e. The van der Waals surface area contributed by atoms with E-state index in [0.717, 1.165) is 25.2 Å². The molecule has 0 spiro atoms. The molecule has 3 rings (SSSR count). The molecule has 8 nitrogen and oxygen atoms in total. The second kappa shape index (κ2) is 14.7. The molecule has 1 aliphatic rings. The number of rotatable bonds is 16. The van der Waals surface area contributed by atoms with Crippen LogP contribution >= 0.6 is 0 Å². The average Bonchev–Trinajstić information content (AvgIpc) is 3.75. The van der Waals surface area contributed by atoms with E-state index in [9.17, 15) is 14.4 Å². The Hall–Kier alpha value is -3.42. The zero-order valence-electron chi connectivity index (χ0n) is 23.7. The third kappa shape index (κ3) is 9.08. The number of ether oxygens (including phenoxy) is 4. The van der Waals surface area contributed by atoms with Crippen molar-refractivity contribution in [2.45, 2.75) is 72.3 Å². The first-order chi connectivity index (χ1) is 18.7. The second-order valence-electron chi connectivity index (χ2n) is 10.5. The highest BCUT2D eigenvalue weighted by Crippen LogP contribution is 2.40. The van der Waals surface area contributed by atoms with E-state index in [2.05, 4.69) is 24.0 Å². The molecular weight excluding hydrogens is 498 g/mol. The minimum absolute atomic E-state index is 0.00614. The molecule has 1 heterocycles. The van der Waals surface area contributed by atoms with Crippen LogP contribution in [0.5, 0.6) is 11.5 Å². The van der Waals surface area contributed by atoms with Crippen molar-refractivity contribution in [3.8, 4) is 11.5 Å². The monoisotopic (exact) mass is 539 g/mol. The third-order valence-electron chi connectivity index (χ3n) is 7.39. The summed E-state index contributed by atoms with van der Waals surface area (Å²) in [5, 5.41) is 0. The minimum atomic E-state index is -0.685. The van der Waals surface area contributed by atoms with Gasteiger partial charge in [0.25, 0.3) is 0 Å². The van der Waals surface area contributed by atoms with Gasteiger partial charge < -0.3 is 18.9 Å². The van der Waals surface area contributed by atoms with Gasteiger partial charge in [0, 0.05) is 31.5 Å². The number of hydrogen-bond donors (Lipinski definition) is 0. The molecule has 8 heteroatoms. The highest BCUT2D eigenvalue weighted by atomic mass is 16.7. The Labute approximate surface area is 231 Å². The van der Waals surface area contributed by atoms with Gasteiger partial charge in [-0.25, -0.2) is 4.98 Å². The number of Topliss-reactive ketones (excluding diaryl/α,β-unsaturated/α-hetero) is 1. The first-order valence-corrected chi connectivity index (χ1v) is 13.8. The highest BCUT2D eigenvalue weighted by Gasteiger charge is 2.34. The van der Waals surface area contributed by atoms with Gasteiger partial charge in [0.15, 0.2) is 23.0 Å². The van der Waals surface area contributed by atoms with Crippen LogP contribution in [-0.4, -0.2) is 42.7 Å². The Balaban J connectivity index is 1.68. The molecular formula is C31H41NO7. The van der Waals surface area contributed by atoms with Crippen LogP contribution in [0.4, 0.5) is 0 Å². The van der Waals surface area contributed by atoms with E-state index in [0.29, 0.717) is 5.92 Å². The summed E-state index contributed by atoms with van der Waals surface area (Å²) >= 11 is 0. The second-order valence-corrected chi connectivity index (χ2v) is 10.5. The van der Waals surface area contributed by atoms with E-state index >= 15 is 0 Å². The van der Waals surface area contributed by atoms with Crippen LogP contribution in [0.1, 0.15) is 75.9 Å². The lowest BCUT2D eigenvalue weighted by Crippen LogP contribution is -2.34. The number of esters is 2. The van der Waals surface area contributed by atoms with Crippen LogP contribution in [0.15, 0.2) is 42.6 Å². The summed E-state index contributed by atoms with van der Waals surface area (Å²) in [5.74, 6) is -0.269. The summed E-state index contributed by atoms with van der Waals surface area (Å²) in [6, 6.07) is 11.9. The molecule has 39 heavy (non-hydrogen) atoms. The van der Waals surface area contributed by atoms with E-state index in [4.69, 9.17) is 18.9 Å². The largest absolute Gasteiger partial charge is 0.493 e. The lowest BCUT2D eigenvalue weighted by Gasteiger charge is -2.32.